The predicted molar refractivity (Wildman–Crippen MR) is 66.5 cm³/mol. The van der Waals surface area contributed by atoms with E-state index in [1.807, 2.05) is 30.3 Å². The van der Waals surface area contributed by atoms with Gasteiger partial charge in [-0.25, -0.2) is 4.98 Å². The van der Waals surface area contributed by atoms with Crippen LogP contribution in [0.3, 0.4) is 0 Å². The largest absolute Gasteiger partial charge is 0.354 e. The minimum absolute atomic E-state index is 0.194. The number of aromatic nitrogens is 3. The Hall–Kier alpha value is -2.21. The lowest BCUT2D eigenvalue weighted by atomic mass is 10.1. The Labute approximate surface area is 105 Å². The van der Waals surface area contributed by atoms with E-state index < -0.39 is 6.04 Å². The molecule has 1 amide bonds. The molecule has 94 valence electrons. The third kappa shape index (κ3) is 3.14. The monoisotopic (exact) mass is 245 g/mol. The Morgan fingerprint density at radius 1 is 1.39 bits per heavy atom. The molecule has 1 unspecified atom stereocenters. The molecule has 2 aromatic rings. The van der Waals surface area contributed by atoms with Gasteiger partial charge in [0.15, 0.2) is 0 Å². The van der Waals surface area contributed by atoms with E-state index in [0.29, 0.717) is 13.0 Å². The summed E-state index contributed by atoms with van der Waals surface area (Å²) in [6.07, 6.45) is 2.04. The second-order valence-electron chi connectivity index (χ2n) is 3.86. The van der Waals surface area contributed by atoms with Gasteiger partial charge < -0.3 is 11.1 Å². The van der Waals surface area contributed by atoms with Crippen molar-refractivity contribution in [3.05, 3.63) is 48.0 Å². The Morgan fingerprint density at radius 3 is 2.83 bits per heavy atom. The predicted octanol–water partition coefficient (Wildman–Crippen LogP) is 0.163. The van der Waals surface area contributed by atoms with Crippen LogP contribution in [0.1, 0.15) is 17.4 Å². The highest BCUT2D eigenvalue weighted by molar-refractivity contribution is 5.82. The molecule has 0 radical (unpaired) electrons. The summed E-state index contributed by atoms with van der Waals surface area (Å²) in [6, 6.07) is 8.63. The van der Waals surface area contributed by atoms with Crippen LogP contribution in [0.15, 0.2) is 36.7 Å². The molecule has 0 bridgehead atoms. The molecule has 2 rings (SSSR count). The summed E-state index contributed by atoms with van der Waals surface area (Å²) in [5.74, 6) is 0.546. The maximum atomic E-state index is 11.8. The van der Waals surface area contributed by atoms with E-state index in [2.05, 4.69) is 20.5 Å². The van der Waals surface area contributed by atoms with E-state index >= 15 is 0 Å². The number of aromatic amines is 1. The van der Waals surface area contributed by atoms with Crippen molar-refractivity contribution in [1.82, 2.24) is 20.5 Å². The first-order valence-corrected chi connectivity index (χ1v) is 5.70. The lowest BCUT2D eigenvalue weighted by Gasteiger charge is -2.11. The van der Waals surface area contributed by atoms with Gasteiger partial charge in [0.05, 0.1) is 0 Å². The maximum Gasteiger partial charge on any atom is 0.241 e. The number of nitrogens with one attached hydrogen (secondary N) is 2. The normalized spacial score (nSPS) is 12.1. The smallest absolute Gasteiger partial charge is 0.241 e. The summed E-state index contributed by atoms with van der Waals surface area (Å²) in [4.78, 5) is 15.8. The number of hydrogen-bond donors (Lipinski definition) is 3. The molecule has 6 nitrogen and oxygen atoms in total. The van der Waals surface area contributed by atoms with Gasteiger partial charge in [-0.3, -0.25) is 9.89 Å². The van der Waals surface area contributed by atoms with Gasteiger partial charge in [-0.2, -0.15) is 5.10 Å². The lowest BCUT2D eigenvalue weighted by Crippen LogP contribution is -2.35. The van der Waals surface area contributed by atoms with E-state index in [-0.39, 0.29) is 5.91 Å². The van der Waals surface area contributed by atoms with Crippen molar-refractivity contribution >= 4 is 5.91 Å². The van der Waals surface area contributed by atoms with Gasteiger partial charge in [0, 0.05) is 13.0 Å². The van der Waals surface area contributed by atoms with Gasteiger partial charge >= 0.3 is 0 Å². The molecule has 0 spiro atoms. The first kappa shape index (κ1) is 12.3. The Morgan fingerprint density at radius 2 is 2.17 bits per heavy atom. The molecule has 6 heteroatoms. The van der Waals surface area contributed by atoms with Gasteiger partial charge in [-0.1, -0.05) is 30.3 Å². The molecule has 4 N–H and O–H groups in total. The zero-order valence-corrected chi connectivity index (χ0v) is 9.84. The second kappa shape index (κ2) is 5.92. The minimum Gasteiger partial charge on any atom is -0.354 e. The maximum absolute atomic E-state index is 11.8. The average molecular weight is 245 g/mol. The van der Waals surface area contributed by atoms with Crippen LogP contribution in [-0.4, -0.2) is 27.6 Å². The van der Waals surface area contributed by atoms with Crippen LogP contribution >= 0.6 is 0 Å². The van der Waals surface area contributed by atoms with E-state index in [1.165, 1.54) is 6.33 Å². The highest BCUT2D eigenvalue weighted by atomic mass is 16.2. The number of carbonyl (C=O) groups is 1. The SMILES string of the molecule is NC(C(=O)NCCc1ncn[nH]1)c1ccccc1. The number of nitrogens with zero attached hydrogens (tertiary/aromatic N) is 2. The number of benzene rings is 1. The number of hydrogen-bond acceptors (Lipinski definition) is 4. The molecule has 1 heterocycles. The standard InChI is InChI=1S/C12H15N5O/c13-11(9-4-2-1-3-5-9)12(18)14-7-6-10-15-8-16-17-10/h1-5,8,11H,6-7,13H2,(H,14,18)(H,15,16,17). The molecule has 18 heavy (non-hydrogen) atoms. The summed E-state index contributed by atoms with van der Waals surface area (Å²) in [5.41, 5.74) is 6.65. The van der Waals surface area contributed by atoms with Crippen molar-refractivity contribution in [3.8, 4) is 0 Å². The fourth-order valence-corrected chi connectivity index (χ4v) is 1.58. The highest BCUT2D eigenvalue weighted by Gasteiger charge is 2.14. The number of nitrogens with two attached hydrogens (primary N) is 1. The fraction of sp³-hybridized carbons (Fsp3) is 0.250. The summed E-state index contributed by atoms with van der Waals surface area (Å²) < 4.78 is 0. The van der Waals surface area contributed by atoms with Gasteiger partial charge in [-0.05, 0) is 5.56 Å². The van der Waals surface area contributed by atoms with E-state index in [0.717, 1.165) is 11.4 Å². The topological polar surface area (TPSA) is 96.7 Å². The molecule has 0 saturated carbocycles. The van der Waals surface area contributed by atoms with Gasteiger partial charge in [-0.15, -0.1) is 0 Å². The zero-order chi connectivity index (χ0) is 12.8. The van der Waals surface area contributed by atoms with Crippen LogP contribution < -0.4 is 11.1 Å². The summed E-state index contributed by atoms with van der Waals surface area (Å²) >= 11 is 0. The molecule has 0 aliphatic carbocycles. The summed E-state index contributed by atoms with van der Waals surface area (Å²) in [5, 5.41) is 9.22. The Kier molecular flexibility index (Phi) is 4.03. The van der Waals surface area contributed by atoms with Crippen molar-refractivity contribution in [2.45, 2.75) is 12.5 Å². The Balaban J connectivity index is 1.81. The second-order valence-corrected chi connectivity index (χ2v) is 3.86. The number of H-pyrrole nitrogens is 1. The molecule has 0 saturated heterocycles. The van der Waals surface area contributed by atoms with Crippen molar-refractivity contribution in [2.75, 3.05) is 6.54 Å². The van der Waals surface area contributed by atoms with Gasteiger partial charge in [0.1, 0.15) is 18.2 Å². The number of amides is 1. The van der Waals surface area contributed by atoms with Crippen LogP contribution in [0, 0.1) is 0 Å². The van der Waals surface area contributed by atoms with Gasteiger partial charge in [0.2, 0.25) is 5.91 Å². The molecule has 0 aliphatic rings. The van der Waals surface area contributed by atoms with E-state index in [4.69, 9.17) is 5.73 Å². The summed E-state index contributed by atoms with van der Waals surface area (Å²) in [7, 11) is 0. The van der Waals surface area contributed by atoms with Crippen molar-refractivity contribution < 1.29 is 4.79 Å². The van der Waals surface area contributed by atoms with E-state index in [9.17, 15) is 4.79 Å². The minimum atomic E-state index is -0.638. The third-order valence-corrected chi connectivity index (χ3v) is 2.57. The summed E-state index contributed by atoms with van der Waals surface area (Å²) in [6.45, 7) is 0.481. The number of rotatable bonds is 5. The van der Waals surface area contributed by atoms with Crippen LogP contribution in [0.25, 0.3) is 0 Å². The molecule has 0 fully saturated rings. The average Bonchev–Trinajstić information content (AvgIpc) is 2.92. The molecule has 0 aliphatic heterocycles. The zero-order valence-electron chi connectivity index (χ0n) is 9.84. The van der Waals surface area contributed by atoms with Crippen LogP contribution in [0.5, 0.6) is 0 Å². The Bertz CT molecular complexity index is 482. The first-order chi connectivity index (χ1) is 8.77. The lowest BCUT2D eigenvalue weighted by molar-refractivity contribution is -0.122. The van der Waals surface area contributed by atoms with Crippen molar-refractivity contribution in [1.29, 1.82) is 0 Å². The quantitative estimate of drug-likeness (QED) is 0.699. The molecule has 1 atom stereocenters. The highest BCUT2D eigenvalue weighted by Crippen LogP contribution is 2.08. The first-order valence-electron chi connectivity index (χ1n) is 5.70. The van der Waals surface area contributed by atoms with E-state index in [1.54, 1.807) is 0 Å². The molecule has 1 aromatic carbocycles. The molecular formula is C12H15N5O. The molecule has 1 aromatic heterocycles. The van der Waals surface area contributed by atoms with Gasteiger partial charge in [0.25, 0.3) is 0 Å². The van der Waals surface area contributed by atoms with Crippen LogP contribution in [-0.2, 0) is 11.2 Å². The fourth-order valence-electron chi connectivity index (χ4n) is 1.58. The molecular weight excluding hydrogens is 230 g/mol. The number of carbonyl (C=O) groups excluding carboxylic acids is 1. The third-order valence-electron chi connectivity index (χ3n) is 2.57. The van der Waals surface area contributed by atoms with Crippen molar-refractivity contribution in [3.63, 3.8) is 0 Å². The van der Waals surface area contributed by atoms with Crippen LogP contribution in [0.2, 0.25) is 0 Å². The van der Waals surface area contributed by atoms with Crippen molar-refractivity contribution in [2.24, 2.45) is 5.73 Å². The van der Waals surface area contributed by atoms with Crippen LogP contribution in [0.4, 0.5) is 0 Å².